The first-order chi connectivity index (χ1) is 9.63. The minimum absolute atomic E-state index is 0.328. The molecule has 0 bridgehead atoms. The number of halogens is 1. The van der Waals surface area contributed by atoms with Crippen LogP contribution in [-0.2, 0) is 13.0 Å². The van der Waals surface area contributed by atoms with Crippen LogP contribution in [-0.4, -0.2) is 11.1 Å². The van der Waals surface area contributed by atoms with Crippen LogP contribution in [0.2, 0.25) is 0 Å². The lowest BCUT2D eigenvalue weighted by molar-refractivity contribution is 0.474. The Morgan fingerprint density at radius 3 is 2.55 bits per heavy atom. The molecule has 20 heavy (non-hydrogen) atoms. The molecule has 0 saturated heterocycles. The Labute approximate surface area is 129 Å². The fraction of sp³-hybridized carbons (Fsp3) is 0.294. The minimum Gasteiger partial charge on any atom is -0.508 e. The molecule has 2 N–H and O–H groups in total. The fourth-order valence-corrected chi connectivity index (χ4v) is 2.53. The van der Waals surface area contributed by atoms with Crippen molar-refractivity contribution in [2.24, 2.45) is 0 Å². The average Bonchev–Trinajstić information content (AvgIpc) is 2.45. The Morgan fingerprint density at radius 1 is 1.10 bits per heavy atom. The van der Waals surface area contributed by atoms with Crippen LogP contribution in [0.1, 0.15) is 24.5 Å². The van der Waals surface area contributed by atoms with E-state index < -0.39 is 0 Å². The highest BCUT2D eigenvalue weighted by molar-refractivity contribution is 9.10. The largest absolute Gasteiger partial charge is 0.508 e. The zero-order valence-electron chi connectivity index (χ0n) is 11.6. The Balaban J connectivity index is 1.75. The van der Waals surface area contributed by atoms with Gasteiger partial charge in [-0.25, -0.2) is 0 Å². The summed E-state index contributed by atoms with van der Waals surface area (Å²) in [5, 5.41) is 12.8. The molecule has 0 fully saturated rings. The summed E-state index contributed by atoms with van der Waals surface area (Å²) in [6.45, 7) is 3.09. The third-order valence-electron chi connectivity index (χ3n) is 3.35. The highest BCUT2D eigenvalue weighted by atomic mass is 79.9. The van der Waals surface area contributed by atoms with Crippen molar-refractivity contribution in [1.82, 2.24) is 5.32 Å². The Bertz CT molecular complexity index is 539. The van der Waals surface area contributed by atoms with Gasteiger partial charge < -0.3 is 10.4 Å². The lowest BCUT2D eigenvalue weighted by Crippen LogP contribution is -2.25. The third-order valence-corrected chi connectivity index (χ3v) is 3.84. The highest BCUT2D eigenvalue weighted by Crippen LogP contribution is 2.13. The van der Waals surface area contributed by atoms with Crippen LogP contribution < -0.4 is 5.32 Å². The van der Waals surface area contributed by atoms with Gasteiger partial charge in [0.05, 0.1) is 0 Å². The standard InChI is InChI=1S/C17H20BrNO/c1-13(5-6-14-7-9-17(20)10-8-14)19-12-15-3-2-4-16(18)11-15/h2-4,7-11,13,19-20H,5-6,12H2,1H3. The molecule has 2 rings (SSSR count). The molecule has 2 aromatic rings. The summed E-state index contributed by atoms with van der Waals surface area (Å²) < 4.78 is 1.12. The number of aryl methyl sites for hydroxylation is 1. The molecule has 0 spiro atoms. The number of nitrogens with one attached hydrogen (secondary N) is 1. The second-order valence-corrected chi connectivity index (χ2v) is 6.03. The van der Waals surface area contributed by atoms with E-state index in [2.05, 4.69) is 46.4 Å². The second kappa shape index (κ2) is 7.46. The van der Waals surface area contributed by atoms with Crippen molar-refractivity contribution in [3.63, 3.8) is 0 Å². The zero-order chi connectivity index (χ0) is 14.4. The summed E-state index contributed by atoms with van der Waals surface area (Å²) >= 11 is 3.49. The molecule has 0 aliphatic rings. The van der Waals surface area contributed by atoms with Gasteiger partial charge in [0.25, 0.3) is 0 Å². The molecular weight excluding hydrogens is 314 g/mol. The number of benzene rings is 2. The number of hydrogen-bond acceptors (Lipinski definition) is 2. The van der Waals surface area contributed by atoms with Crippen LogP contribution in [0.25, 0.3) is 0 Å². The summed E-state index contributed by atoms with van der Waals surface area (Å²) in [5.74, 6) is 0.328. The normalized spacial score (nSPS) is 12.3. The molecule has 3 heteroatoms. The van der Waals surface area contributed by atoms with Gasteiger partial charge in [0, 0.05) is 17.1 Å². The van der Waals surface area contributed by atoms with Crippen molar-refractivity contribution in [3.05, 3.63) is 64.1 Å². The topological polar surface area (TPSA) is 32.3 Å². The molecule has 1 unspecified atom stereocenters. The molecule has 0 amide bonds. The molecule has 0 heterocycles. The van der Waals surface area contributed by atoms with E-state index in [1.54, 1.807) is 12.1 Å². The van der Waals surface area contributed by atoms with Gasteiger partial charge in [-0.15, -0.1) is 0 Å². The highest BCUT2D eigenvalue weighted by Gasteiger charge is 2.03. The molecule has 1 atom stereocenters. The maximum atomic E-state index is 9.25. The van der Waals surface area contributed by atoms with Crippen LogP contribution in [0, 0.1) is 0 Å². The summed E-state index contributed by atoms with van der Waals surface area (Å²) in [6, 6.07) is 16.3. The Kier molecular flexibility index (Phi) is 5.62. The van der Waals surface area contributed by atoms with Crippen molar-refractivity contribution in [1.29, 1.82) is 0 Å². The smallest absolute Gasteiger partial charge is 0.115 e. The number of phenols is 1. The summed E-state index contributed by atoms with van der Waals surface area (Å²) in [5.41, 5.74) is 2.55. The van der Waals surface area contributed by atoms with Gasteiger partial charge >= 0.3 is 0 Å². The van der Waals surface area contributed by atoms with Crippen molar-refractivity contribution < 1.29 is 5.11 Å². The maximum Gasteiger partial charge on any atom is 0.115 e. The van der Waals surface area contributed by atoms with E-state index >= 15 is 0 Å². The van der Waals surface area contributed by atoms with E-state index in [1.807, 2.05) is 18.2 Å². The van der Waals surface area contributed by atoms with E-state index in [4.69, 9.17) is 0 Å². The summed E-state index contributed by atoms with van der Waals surface area (Å²) in [4.78, 5) is 0. The Morgan fingerprint density at radius 2 is 1.85 bits per heavy atom. The van der Waals surface area contributed by atoms with Crippen molar-refractivity contribution >= 4 is 15.9 Å². The second-order valence-electron chi connectivity index (χ2n) is 5.12. The van der Waals surface area contributed by atoms with Crippen LogP contribution >= 0.6 is 15.9 Å². The number of rotatable bonds is 6. The molecule has 0 aliphatic carbocycles. The van der Waals surface area contributed by atoms with Crippen LogP contribution in [0.5, 0.6) is 5.75 Å². The number of hydrogen-bond donors (Lipinski definition) is 2. The molecule has 106 valence electrons. The molecule has 0 aromatic heterocycles. The lowest BCUT2D eigenvalue weighted by atomic mass is 10.1. The van der Waals surface area contributed by atoms with Crippen molar-refractivity contribution in [2.75, 3.05) is 0 Å². The fourth-order valence-electron chi connectivity index (χ4n) is 2.09. The van der Waals surface area contributed by atoms with Gasteiger partial charge in [-0.2, -0.15) is 0 Å². The third kappa shape index (κ3) is 4.99. The molecule has 2 nitrogen and oxygen atoms in total. The van der Waals surface area contributed by atoms with Crippen molar-refractivity contribution in [2.45, 2.75) is 32.4 Å². The van der Waals surface area contributed by atoms with Gasteiger partial charge in [-0.1, -0.05) is 40.2 Å². The van der Waals surface area contributed by atoms with Crippen LogP contribution in [0.4, 0.5) is 0 Å². The zero-order valence-corrected chi connectivity index (χ0v) is 13.2. The molecule has 0 saturated carbocycles. The van der Waals surface area contributed by atoms with Crippen molar-refractivity contribution in [3.8, 4) is 5.75 Å². The minimum atomic E-state index is 0.328. The number of phenolic OH excluding ortho intramolecular Hbond substituents is 1. The van der Waals surface area contributed by atoms with E-state index in [1.165, 1.54) is 11.1 Å². The van der Waals surface area contributed by atoms with Crippen LogP contribution in [0.3, 0.4) is 0 Å². The molecule has 0 aliphatic heterocycles. The first kappa shape index (κ1) is 15.1. The monoisotopic (exact) mass is 333 g/mol. The summed E-state index contributed by atoms with van der Waals surface area (Å²) in [7, 11) is 0. The Hall–Kier alpha value is -1.32. The first-order valence-corrected chi connectivity index (χ1v) is 7.68. The maximum absolute atomic E-state index is 9.25. The summed E-state index contributed by atoms with van der Waals surface area (Å²) in [6.07, 6.45) is 2.10. The number of aromatic hydroxyl groups is 1. The van der Waals surface area contributed by atoms with E-state index in [-0.39, 0.29) is 0 Å². The van der Waals surface area contributed by atoms with E-state index in [0.717, 1.165) is 23.9 Å². The molecule has 2 aromatic carbocycles. The lowest BCUT2D eigenvalue weighted by Gasteiger charge is -2.14. The van der Waals surface area contributed by atoms with Gasteiger partial charge in [0.15, 0.2) is 0 Å². The SMILES string of the molecule is CC(CCc1ccc(O)cc1)NCc1cccc(Br)c1. The predicted octanol–water partition coefficient (Wildman–Crippen LogP) is 4.27. The predicted molar refractivity (Wildman–Crippen MR) is 86.9 cm³/mol. The van der Waals surface area contributed by atoms with Crippen LogP contribution in [0.15, 0.2) is 53.0 Å². The quantitative estimate of drug-likeness (QED) is 0.827. The molecule has 0 radical (unpaired) electrons. The average molecular weight is 334 g/mol. The van der Waals surface area contributed by atoms with Gasteiger partial charge in [-0.3, -0.25) is 0 Å². The van der Waals surface area contributed by atoms with E-state index in [9.17, 15) is 5.11 Å². The first-order valence-electron chi connectivity index (χ1n) is 6.89. The van der Waals surface area contributed by atoms with Gasteiger partial charge in [-0.05, 0) is 55.2 Å². The van der Waals surface area contributed by atoms with Gasteiger partial charge in [0.1, 0.15) is 5.75 Å². The van der Waals surface area contributed by atoms with Gasteiger partial charge in [0.2, 0.25) is 0 Å². The molecular formula is C17H20BrNO. The van der Waals surface area contributed by atoms with E-state index in [0.29, 0.717) is 11.8 Å².